The van der Waals surface area contributed by atoms with Gasteiger partial charge in [0.25, 0.3) is 0 Å². The van der Waals surface area contributed by atoms with Gasteiger partial charge >= 0.3 is 0 Å². The van der Waals surface area contributed by atoms with Gasteiger partial charge in [-0.1, -0.05) is 12.1 Å². The number of aryl methyl sites for hydroxylation is 1. The summed E-state index contributed by atoms with van der Waals surface area (Å²) in [5, 5.41) is 0. The normalized spacial score (nSPS) is 10.8. The van der Waals surface area contributed by atoms with E-state index in [9.17, 15) is 0 Å². The fourth-order valence-corrected chi connectivity index (χ4v) is 1.96. The van der Waals surface area contributed by atoms with E-state index in [1.807, 2.05) is 49.6 Å². The van der Waals surface area contributed by atoms with E-state index in [0.717, 1.165) is 17.0 Å². The molecule has 0 aliphatic rings. The van der Waals surface area contributed by atoms with Crippen LogP contribution in [0, 0.1) is 0 Å². The molecule has 0 saturated carbocycles. The molecule has 1 heterocycles. The van der Waals surface area contributed by atoms with Gasteiger partial charge in [-0.2, -0.15) is 0 Å². The number of hydrogen-bond donors (Lipinski definition) is 0. The standard InChI is InChI=1S/C18H22NO3.HI/c1-19-13-5-4-6-16(19)10-7-15-8-11-17(12-9-15)22-14-18(20-2)21-3;/h4-13,18H,14H2,1-3H3;1H/q+1;/p-1. The van der Waals surface area contributed by atoms with Gasteiger partial charge in [0.05, 0.1) is 0 Å². The van der Waals surface area contributed by atoms with Crippen molar-refractivity contribution in [2.45, 2.75) is 6.29 Å². The van der Waals surface area contributed by atoms with Gasteiger partial charge in [0.15, 0.2) is 12.5 Å². The summed E-state index contributed by atoms with van der Waals surface area (Å²) in [6, 6.07) is 14.0. The average molecular weight is 427 g/mol. The van der Waals surface area contributed by atoms with Crippen LogP contribution in [0.3, 0.4) is 0 Å². The Hall–Kier alpha value is -1.44. The second-order valence-electron chi connectivity index (χ2n) is 4.85. The summed E-state index contributed by atoms with van der Waals surface area (Å²) in [6.07, 6.45) is 5.84. The molecule has 0 unspecified atom stereocenters. The van der Waals surface area contributed by atoms with Crippen LogP contribution in [0.25, 0.3) is 12.2 Å². The molecule has 0 aliphatic heterocycles. The molecule has 0 N–H and O–H groups in total. The number of nitrogens with zero attached hydrogens (tertiary/aromatic N) is 1. The number of methoxy groups -OCH3 is 2. The summed E-state index contributed by atoms with van der Waals surface area (Å²) in [5.41, 5.74) is 2.26. The van der Waals surface area contributed by atoms with E-state index >= 15 is 0 Å². The van der Waals surface area contributed by atoms with Crippen LogP contribution < -0.4 is 33.3 Å². The van der Waals surface area contributed by atoms with Gasteiger partial charge in [-0.15, -0.1) is 0 Å². The summed E-state index contributed by atoms with van der Waals surface area (Å²) in [6.45, 7) is 0.363. The maximum absolute atomic E-state index is 5.61. The van der Waals surface area contributed by atoms with E-state index in [1.54, 1.807) is 14.2 Å². The van der Waals surface area contributed by atoms with Gasteiger partial charge in [-0.25, -0.2) is 4.57 Å². The van der Waals surface area contributed by atoms with Crippen LogP contribution in [0.5, 0.6) is 5.75 Å². The monoisotopic (exact) mass is 427 g/mol. The van der Waals surface area contributed by atoms with E-state index in [2.05, 4.69) is 22.8 Å². The van der Waals surface area contributed by atoms with Gasteiger partial charge in [0.2, 0.25) is 5.69 Å². The minimum absolute atomic E-state index is 0. The molecule has 4 nitrogen and oxygen atoms in total. The van der Waals surface area contributed by atoms with Crippen molar-refractivity contribution in [3.8, 4) is 5.75 Å². The van der Waals surface area contributed by atoms with Gasteiger partial charge in [-0.3, -0.25) is 0 Å². The van der Waals surface area contributed by atoms with Crippen LogP contribution >= 0.6 is 0 Å². The van der Waals surface area contributed by atoms with Crippen LogP contribution in [-0.2, 0) is 16.5 Å². The minimum Gasteiger partial charge on any atom is -1.00 e. The molecule has 0 bridgehead atoms. The zero-order valence-electron chi connectivity index (χ0n) is 13.6. The molecule has 1 aromatic heterocycles. The van der Waals surface area contributed by atoms with Crippen molar-refractivity contribution in [1.82, 2.24) is 0 Å². The number of benzene rings is 1. The molecule has 0 radical (unpaired) electrons. The number of aromatic nitrogens is 1. The zero-order chi connectivity index (χ0) is 15.8. The van der Waals surface area contributed by atoms with Crippen LogP contribution in [0.15, 0.2) is 48.7 Å². The van der Waals surface area contributed by atoms with Crippen molar-refractivity contribution in [3.05, 3.63) is 59.9 Å². The van der Waals surface area contributed by atoms with E-state index in [4.69, 9.17) is 14.2 Å². The summed E-state index contributed by atoms with van der Waals surface area (Å²) in [5.74, 6) is 0.793. The predicted octanol–water partition coefficient (Wildman–Crippen LogP) is -0.317. The highest BCUT2D eigenvalue weighted by molar-refractivity contribution is 5.67. The summed E-state index contributed by atoms with van der Waals surface area (Å²) < 4.78 is 17.8. The van der Waals surface area contributed by atoms with Crippen LogP contribution in [0.4, 0.5) is 0 Å². The number of pyridine rings is 1. The second-order valence-corrected chi connectivity index (χ2v) is 4.85. The largest absolute Gasteiger partial charge is 1.00 e. The lowest BCUT2D eigenvalue weighted by Crippen LogP contribution is -3.00. The maximum atomic E-state index is 5.61. The zero-order valence-corrected chi connectivity index (χ0v) is 15.8. The maximum Gasteiger partial charge on any atom is 0.204 e. The number of hydrogen-bond acceptors (Lipinski definition) is 3. The fraction of sp³-hybridized carbons (Fsp3) is 0.278. The Morgan fingerprint density at radius 3 is 2.30 bits per heavy atom. The second kappa shape index (κ2) is 10.4. The third-order valence-electron chi connectivity index (χ3n) is 3.33. The molecule has 0 aliphatic carbocycles. The van der Waals surface area contributed by atoms with E-state index in [0.29, 0.717) is 6.61 Å². The first kappa shape index (κ1) is 19.6. The third kappa shape index (κ3) is 6.29. The van der Waals surface area contributed by atoms with Crippen LogP contribution in [0.1, 0.15) is 11.3 Å². The van der Waals surface area contributed by atoms with E-state index < -0.39 is 0 Å². The third-order valence-corrected chi connectivity index (χ3v) is 3.33. The van der Waals surface area contributed by atoms with Gasteiger partial charge in [0.1, 0.15) is 19.4 Å². The van der Waals surface area contributed by atoms with E-state index in [-0.39, 0.29) is 30.3 Å². The van der Waals surface area contributed by atoms with Crippen molar-refractivity contribution in [2.24, 2.45) is 7.05 Å². The molecule has 2 aromatic rings. The Balaban J connectivity index is 0.00000264. The molecule has 2 rings (SSSR count). The lowest BCUT2D eigenvalue weighted by molar-refractivity contribution is -0.673. The molecule has 0 spiro atoms. The molecule has 1 aromatic carbocycles. The SMILES string of the molecule is COC(COc1ccc(C=Cc2cccc[n+]2C)cc1)OC.[I-]. The van der Waals surface area contributed by atoms with Gasteiger partial charge in [0, 0.05) is 32.4 Å². The van der Waals surface area contributed by atoms with Crippen LogP contribution in [-0.4, -0.2) is 27.1 Å². The number of rotatable bonds is 7. The molecule has 124 valence electrons. The summed E-state index contributed by atoms with van der Waals surface area (Å²) in [7, 11) is 5.21. The Kier molecular flexibility index (Phi) is 8.83. The van der Waals surface area contributed by atoms with Gasteiger partial charge < -0.3 is 38.2 Å². The molecular formula is C18H22INO3. The number of halogens is 1. The van der Waals surface area contributed by atoms with Crippen LogP contribution in [0.2, 0.25) is 0 Å². The first-order valence-corrected chi connectivity index (χ1v) is 7.14. The van der Waals surface area contributed by atoms with Crippen molar-refractivity contribution < 1.29 is 42.8 Å². The Morgan fingerprint density at radius 1 is 1.00 bits per heavy atom. The summed E-state index contributed by atoms with van der Waals surface area (Å²) in [4.78, 5) is 0. The smallest absolute Gasteiger partial charge is 0.204 e. The molecule has 0 saturated heterocycles. The lowest BCUT2D eigenvalue weighted by Gasteiger charge is -2.14. The highest BCUT2D eigenvalue weighted by Gasteiger charge is 2.05. The van der Waals surface area contributed by atoms with Crippen molar-refractivity contribution in [2.75, 3.05) is 20.8 Å². The molecule has 23 heavy (non-hydrogen) atoms. The molecule has 0 fully saturated rings. The summed E-state index contributed by atoms with van der Waals surface area (Å²) >= 11 is 0. The van der Waals surface area contributed by atoms with Gasteiger partial charge in [-0.05, 0) is 29.8 Å². The average Bonchev–Trinajstić information content (AvgIpc) is 2.56. The highest BCUT2D eigenvalue weighted by Crippen LogP contribution is 2.14. The molecule has 5 heteroatoms. The topological polar surface area (TPSA) is 31.6 Å². The fourth-order valence-electron chi connectivity index (χ4n) is 1.96. The number of ether oxygens (including phenoxy) is 3. The minimum atomic E-state index is -0.349. The molecular weight excluding hydrogens is 405 g/mol. The highest BCUT2D eigenvalue weighted by atomic mass is 127. The van der Waals surface area contributed by atoms with Crippen molar-refractivity contribution in [3.63, 3.8) is 0 Å². The Morgan fingerprint density at radius 2 is 1.70 bits per heavy atom. The predicted molar refractivity (Wildman–Crippen MR) is 86.3 cm³/mol. The van der Waals surface area contributed by atoms with Crippen molar-refractivity contribution in [1.29, 1.82) is 0 Å². The van der Waals surface area contributed by atoms with Crippen molar-refractivity contribution >= 4 is 12.2 Å². The quantitative estimate of drug-likeness (QED) is 0.345. The molecule has 0 atom stereocenters. The molecule has 0 amide bonds. The first-order valence-electron chi connectivity index (χ1n) is 7.14. The Bertz CT molecular complexity index is 610. The lowest BCUT2D eigenvalue weighted by atomic mass is 10.2. The van der Waals surface area contributed by atoms with E-state index in [1.165, 1.54) is 0 Å². The first-order chi connectivity index (χ1) is 10.7. The Labute approximate surface area is 154 Å².